The number of thioether (sulfide) groups is 1. The number of amides is 1. The van der Waals surface area contributed by atoms with E-state index in [0.717, 1.165) is 12.3 Å². The van der Waals surface area contributed by atoms with Gasteiger partial charge in [-0.2, -0.15) is 0 Å². The second-order valence-corrected chi connectivity index (χ2v) is 5.17. The lowest BCUT2D eigenvalue weighted by molar-refractivity contribution is 0.0977. The standard InChI is InChI=1S/C12H13ClN2O3S/c1-17-9-6-7(5-8(13)10(9)18-2)11(16)15-12-14-3-4-19-12/h5-6H,3-4H2,1-2H3,(H,14,15,16). The van der Waals surface area contributed by atoms with E-state index in [1.165, 1.54) is 26.0 Å². The molecule has 0 saturated carbocycles. The summed E-state index contributed by atoms with van der Waals surface area (Å²) >= 11 is 7.57. The second-order valence-electron chi connectivity index (χ2n) is 3.68. The first-order valence-corrected chi connectivity index (χ1v) is 6.92. The third-order valence-corrected chi connectivity index (χ3v) is 3.67. The summed E-state index contributed by atoms with van der Waals surface area (Å²) in [6, 6.07) is 3.12. The maximum Gasteiger partial charge on any atom is 0.257 e. The van der Waals surface area contributed by atoms with Crippen molar-refractivity contribution in [2.75, 3.05) is 26.5 Å². The molecule has 1 heterocycles. The van der Waals surface area contributed by atoms with Gasteiger partial charge in [0.15, 0.2) is 16.7 Å². The van der Waals surface area contributed by atoms with Crippen LogP contribution in [0.2, 0.25) is 5.02 Å². The number of benzene rings is 1. The number of nitrogens with zero attached hydrogens (tertiary/aromatic N) is 1. The Hall–Kier alpha value is -1.40. The molecule has 5 nitrogen and oxygen atoms in total. The van der Waals surface area contributed by atoms with Gasteiger partial charge in [0, 0.05) is 11.3 Å². The quantitative estimate of drug-likeness (QED) is 0.929. The number of carbonyl (C=O) groups excluding carboxylic acids is 1. The fourth-order valence-electron chi connectivity index (χ4n) is 1.63. The molecule has 102 valence electrons. The van der Waals surface area contributed by atoms with E-state index in [1.54, 1.807) is 12.1 Å². The van der Waals surface area contributed by atoms with Crippen molar-refractivity contribution in [2.45, 2.75) is 0 Å². The molecule has 1 aromatic carbocycles. The van der Waals surface area contributed by atoms with Gasteiger partial charge in [0.25, 0.3) is 5.91 Å². The van der Waals surface area contributed by atoms with Gasteiger partial charge in [0.2, 0.25) is 0 Å². The second kappa shape index (κ2) is 6.16. The van der Waals surface area contributed by atoms with E-state index in [-0.39, 0.29) is 5.91 Å². The van der Waals surface area contributed by atoms with E-state index in [0.29, 0.717) is 27.3 Å². The van der Waals surface area contributed by atoms with Crippen LogP contribution in [0.25, 0.3) is 0 Å². The largest absolute Gasteiger partial charge is 0.493 e. The summed E-state index contributed by atoms with van der Waals surface area (Å²) in [6.45, 7) is 0.729. The molecular formula is C12H13ClN2O3S. The van der Waals surface area contributed by atoms with Gasteiger partial charge >= 0.3 is 0 Å². The third-order valence-electron chi connectivity index (χ3n) is 2.50. The van der Waals surface area contributed by atoms with Crippen LogP contribution in [0.1, 0.15) is 10.4 Å². The number of aliphatic imine (C=N–C) groups is 1. The summed E-state index contributed by atoms with van der Waals surface area (Å²) in [7, 11) is 2.99. The molecule has 1 aliphatic heterocycles. The molecular weight excluding hydrogens is 288 g/mol. The highest BCUT2D eigenvalue weighted by Crippen LogP contribution is 2.36. The summed E-state index contributed by atoms with van der Waals surface area (Å²) in [6.07, 6.45) is 0. The van der Waals surface area contributed by atoms with E-state index < -0.39 is 0 Å². The highest BCUT2D eigenvalue weighted by Gasteiger charge is 2.17. The normalized spacial score (nSPS) is 13.9. The van der Waals surface area contributed by atoms with Crippen LogP contribution in [0.15, 0.2) is 17.1 Å². The first-order valence-electron chi connectivity index (χ1n) is 5.56. The minimum atomic E-state index is -0.268. The molecule has 1 N–H and O–H groups in total. The molecule has 1 amide bonds. The van der Waals surface area contributed by atoms with E-state index in [4.69, 9.17) is 21.1 Å². The van der Waals surface area contributed by atoms with Crippen molar-refractivity contribution < 1.29 is 14.3 Å². The number of hydrogen-bond acceptors (Lipinski definition) is 5. The molecule has 7 heteroatoms. The molecule has 0 saturated heterocycles. The molecule has 1 aliphatic rings. The van der Waals surface area contributed by atoms with Crippen molar-refractivity contribution in [1.82, 2.24) is 5.32 Å². The number of amidine groups is 1. The van der Waals surface area contributed by atoms with E-state index >= 15 is 0 Å². The Bertz CT molecular complexity index is 534. The van der Waals surface area contributed by atoms with Crippen molar-refractivity contribution >= 4 is 34.4 Å². The van der Waals surface area contributed by atoms with Crippen LogP contribution in [0.3, 0.4) is 0 Å². The number of ether oxygens (including phenoxy) is 2. The number of carbonyl (C=O) groups is 1. The van der Waals surface area contributed by atoms with Gasteiger partial charge in [0.1, 0.15) is 0 Å². The molecule has 0 atom stereocenters. The average molecular weight is 301 g/mol. The highest BCUT2D eigenvalue weighted by atomic mass is 35.5. The van der Waals surface area contributed by atoms with Crippen LogP contribution in [0, 0.1) is 0 Å². The maximum atomic E-state index is 12.1. The molecule has 1 aromatic rings. The molecule has 19 heavy (non-hydrogen) atoms. The van der Waals surface area contributed by atoms with Crippen molar-refractivity contribution in [1.29, 1.82) is 0 Å². The van der Waals surface area contributed by atoms with Gasteiger partial charge in [-0.3, -0.25) is 9.79 Å². The lowest BCUT2D eigenvalue weighted by Crippen LogP contribution is -2.27. The number of nitrogens with one attached hydrogen (secondary N) is 1. The number of halogens is 1. The van der Waals surface area contributed by atoms with Gasteiger partial charge in [-0.25, -0.2) is 0 Å². The van der Waals surface area contributed by atoms with Crippen LogP contribution in [0.5, 0.6) is 11.5 Å². The monoisotopic (exact) mass is 300 g/mol. The summed E-state index contributed by atoms with van der Waals surface area (Å²) in [4.78, 5) is 16.2. The smallest absolute Gasteiger partial charge is 0.257 e. The fourth-order valence-corrected chi connectivity index (χ4v) is 2.64. The molecule has 0 spiro atoms. The highest BCUT2D eigenvalue weighted by molar-refractivity contribution is 8.14. The van der Waals surface area contributed by atoms with Crippen LogP contribution in [-0.2, 0) is 0 Å². The fraction of sp³-hybridized carbons (Fsp3) is 0.333. The Labute approximate surface area is 120 Å². The Morgan fingerprint density at radius 1 is 1.42 bits per heavy atom. The zero-order chi connectivity index (χ0) is 13.8. The maximum absolute atomic E-state index is 12.1. The molecule has 0 aromatic heterocycles. The van der Waals surface area contributed by atoms with E-state index in [1.807, 2.05) is 0 Å². The predicted molar refractivity (Wildman–Crippen MR) is 76.8 cm³/mol. The Kier molecular flexibility index (Phi) is 4.55. The number of methoxy groups -OCH3 is 2. The predicted octanol–water partition coefficient (Wildman–Crippen LogP) is 2.19. The first-order chi connectivity index (χ1) is 9.15. The molecule has 0 fully saturated rings. The molecule has 0 radical (unpaired) electrons. The van der Waals surface area contributed by atoms with Crippen LogP contribution < -0.4 is 14.8 Å². The van der Waals surface area contributed by atoms with Gasteiger partial charge < -0.3 is 14.8 Å². The van der Waals surface area contributed by atoms with Crippen LogP contribution >= 0.6 is 23.4 Å². The molecule has 0 unspecified atom stereocenters. The Morgan fingerprint density at radius 2 is 2.21 bits per heavy atom. The zero-order valence-electron chi connectivity index (χ0n) is 10.5. The zero-order valence-corrected chi connectivity index (χ0v) is 12.1. The minimum absolute atomic E-state index is 0.268. The molecule has 2 rings (SSSR count). The summed E-state index contributed by atoms with van der Waals surface area (Å²) < 4.78 is 10.3. The Morgan fingerprint density at radius 3 is 2.79 bits per heavy atom. The lowest BCUT2D eigenvalue weighted by atomic mass is 10.2. The lowest BCUT2D eigenvalue weighted by Gasteiger charge is -2.11. The van der Waals surface area contributed by atoms with Crippen molar-refractivity contribution in [3.63, 3.8) is 0 Å². The van der Waals surface area contributed by atoms with Crippen molar-refractivity contribution in [3.05, 3.63) is 22.7 Å². The van der Waals surface area contributed by atoms with Gasteiger partial charge in [-0.15, -0.1) is 0 Å². The minimum Gasteiger partial charge on any atom is -0.493 e. The Balaban J connectivity index is 2.24. The van der Waals surface area contributed by atoms with Gasteiger partial charge in [-0.1, -0.05) is 23.4 Å². The SMILES string of the molecule is COc1cc(C(=O)NC2=NCCS2)cc(Cl)c1OC. The van der Waals surface area contributed by atoms with Crippen LogP contribution in [-0.4, -0.2) is 37.6 Å². The van der Waals surface area contributed by atoms with E-state index in [2.05, 4.69) is 10.3 Å². The molecule has 0 aliphatic carbocycles. The third kappa shape index (κ3) is 3.13. The number of hydrogen-bond donors (Lipinski definition) is 1. The van der Waals surface area contributed by atoms with E-state index in [9.17, 15) is 4.79 Å². The average Bonchev–Trinajstić information content (AvgIpc) is 2.90. The summed E-state index contributed by atoms with van der Waals surface area (Å²) in [5.74, 6) is 1.45. The first kappa shape index (κ1) is 14.0. The topological polar surface area (TPSA) is 59.9 Å². The molecule has 0 bridgehead atoms. The van der Waals surface area contributed by atoms with Crippen molar-refractivity contribution in [3.8, 4) is 11.5 Å². The van der Waals surface area contributed by atoms with Gasteiger partial charge in [0.05, 0.1) is 25.8 Å². The summed E-state index contributed by atoms with van der Waals surface area (Å²) in [5, 5.41) is 3.69. The number of rotatable bonds is 3. The van der Waals surface area contributed by atoms with Crippen molar-refractivity contribution in [2.24, 2.45) is 4.99 Å². The summed E-state index contributed by atoms with van der Waals surface area (Å²) in [5.41, 5.74) is 0.401. The van der Waals surface area contributed by atoms with Gasteiger partial charge in [-0.05, 0) is 12.1 Å². The van der Waals surface area contributed by atoms with Crippen LogP contribution in [0.4, 0.5) is 0 Å².